The molecule has 0 aliphatic carbocycles. The zero-order valence-corrected chi connectivity index (χ0v) is 20.8. The molecule has 0 N–H and O–H groups in total. The second kappa shape index (κ2) is 12.2. The van der Waals surface area contributed by atoms with Crippen molar-refractivity contribution in [3.05, 3.63) is 144 Å². The van der Waals surface area contributed by atoms with Gasteiger partial charge < -0.3 is 14.2 Å². The first-order valence-corrected chi connectivity index (χ1v) is 12.3. The Morgan fingerprint density at radius 3 is 1.66 bits per heavy atom. The van der Waals surface area contributed by atoms with Gasteiger partial charge in [-0.15, -0.1) is 0 Å². The molecular formula is C33H26N2O3. The minimum Gasteiger partial charge on any atom is -0.489 e. The lowest BCUT2D eigenvalue weighted by molar-refractivity contribution is 0.268. The molecule has 5 nitrogen and oxygen atoms in total. The van der Waals surface area contributed by atoms with E-state index in [1.54, 1.807) is 12.1 Å². The monoisotopic (exact) mass is 498 g/mol. The van der Waals surface area contributed by atoms with Crippen molar-refractivity contribution in [3.8, 4) is 34.7 Å². The molecule has 0 aliphatic rings. The summed E-state index contributed by atoms with van der Waals surface area (Å²) in [5.74, 6) is 1.47. The van der Waals surface area contributed by atoms with Crippen LogP contribution in [-0.2, 0) is 19.8 Å². The number of pyridine rings is 1. The van der Waals surface area contributed by atoms with Gasteiger partial charge in [0.2, 0.25) is 11.8 Å². The summed E-state index contributed by atoms with van der Waals surface area (Å²) < 4.78 is 18.1. The predicted molar refractivity (Wildman–Crippen MR) is 147 cm³/mol. The number of rotatable bonds is 10. The molecule has 0 fully saturated rings. The van der Waals surface area contributed by atoms with Gasteiger partial charge in [0.05, 0.1) is 11.6 Å². The number of hydrogen-bond acceptors (Lipinski definition) is 5. The molecule has 0 saturated heterocycles. The van der Waals surface area contributed by atoms with Crippen LogP contribution in [-0.4, -0.2) is 4.98 Å². The van der Waals surface area contributed by atoms with E-state index in [4.69, 9.17) is 14.2 Å². The maximum absolute atomic E-state index is 9.96. The molecule has 0 radical (unpaired) electrons. The van der Waals surface area contributed by atoms with E-state index < -0.39 is 0 Å². The topological polar surface area (TPSA) is 64.4 Å². The number of nitrogens with zero attached hydrogens (tertiary/aromatic N) is 2. The smallest absolute Gasteiger partial charge is 0.225 e. The van der Waals surface area contributed by atoms with E-state index in [1.165, 1.54) is 0 Å². The Labute approximate surface area is 222 Å². The molecule has 1 aromatic heterocycles. The molecule has 5 rings (SSSR count). The number of aromatic nitrogens is 1. The highest BCUT2D eigenvalue weighted by molar-refractivity contribution is 5.75. The molecule has 0 saturated carbocycles. The summed E-state index contributed by atoms with van der Waals surface area (Å²) in [7, 11) is 0. The van der Waals surface area contributed by atoms with E-state index >= 15 is 0 Å². The molecule has 186 valence electrons. The van der Waals surface area contributed by atoms with Crippen LogP contribution in [0.5, 0.6) is 17.5 Å². The summed E-state index contributed by atoms with van der Waals surface area (Å²) >= 11 is 0. The van der Waals surface area contributed by atoms with Gasteiger partial charge in [-0.2, -0.15) is 10.2 Å². The molecule has 1 heterocycles. The largest absolute Gasteiger partial charge is 0.489 e. The van der Waals surface area contributed by atoms with Crippen molar-refractivity contribution in [1.29, 1.82) is 5.26 Å². The van der Waals surface area contributed by atoms with Gasteiger partial charge in [0.1, 0.15) is 25.6 Å². The summed E-state index contributed by atoms with van der Waals surface area (Å²) in [6.45, 7) is 1.15. The first-order valence-electron chi connectivity index (χ1n) is 12.3. The van der Waals surface area contributed by atoms with E-state index in [9.17, 15) is 5.26 Å². The molecule has 5 heteroatoms. The molecule has 0 unspecified atom stereocenters. The van der Waals surface area contributed by atoms with Crippen LogP contribution in [0.1, 0.15) is 22.3 Å². The minimum absolute atomic E-state index is 0.336. The molecule has 0 spiro atoms. The Morgan fingerprint density at radius 1 is 0.553 bits per heavy atom. The third-order valence-corrected chi connectivity index (χ3v) is 5.93. The van der Waals surface area contributed by atoms with Crippen molar-refractivity contribution >= 4 is 0 Å². The lowest BCUT2D eigenvalue weighted by atomic mass is 10.0. The van der Waals surface area contributed by atoms with Gasteiger partial charge in [-0.05, 0) is 41.0 Å². The van der Waals surface area contributed by atoms with Crippen LogP contribution in [0.3, 0.4) is 0 Å². The minimum atomic E-state index is 0.336. The highest BCUT2D eigenvalue weighted by atomic mass is 16.5. The van der Waals surface area contributed by atoms with E-state index in [0.29, 0.717) is 54.0 Å². The Kier molecular flexibility index (Phi) is 7.93. The Hall–Kier alpha value is -5.08. The van der Waals surface area contributed by atoms with Gasteiger partial charge in [-0.25, -0.2) is 0 Å². The van der Waals surface area contributed by atoms with Crippen molar-refractivity contribution in [1.82, 2.24) is 4.98 Å². The van der Waals surface area contributed by atoms with Gasteiger partial charge in [0.25, 0.3) is 0 Å². The standard InChI is InChI=1S/C33H26N2O3/c34-21-28-20-29(36-22-25-10-4-1-5-11-25)16-17-30(28)31-18-19-32(37-23-26-12-6-2-7-13-26)35-33(31)38-24-27-14-8-3-9-15-27/h1-20H,22-24H2. The number of hydrogen-bond donors (Lipinski definition) is 0. The highest BCUT2D eigenvalue weighted by Gasteiger charge is 2.16. The van der Waals surface area contributed by atoms with Gasteiger partial charge in [-0.1, -0.05) is 91.0 Å². The summed E-state index contributed by atoms with van der Waals surface area (Å²) in [5, 5.41) is 9.96. The second-order valence-electron chi connectivity index (χ2n) is 8.64. The van der Waals surface area contributed by atoms with Crippen LogP contribution in [0, 0.1) is 11.3 Å². The number of ether oxygens (including phenoxy) is 3. The third kappa shape index (κ3) is 6.37. The Bertz CT molecular complexity index is 1520. The summed E-state index contributed by atoms with van der Waals surface area (Å²) in [5.41, 5.74) is 5.01. The maximum Gasteiger partial charge on any atom is 0.225 e. The van der Waals surface area contributed by atoms with Crippen LogP contribution in [0.25, 0.3) is 11.1 Å². The fraction of sp³-hybridized carbons (Fsp3) is 0.0909. The predicted octanol–water partition coefficient (Wildman–Crippen LogP) is 7.36. The van der Waals surface area contributed by atoms with Crippen LogP contribution < -0.4 is 14.2 Å². The SMILES string of the molecule is N#Cc1cc(OCc2ccccc2)ccc1-c1ccc(OCc2ccccc2)nc1OCc1ccccc1. The quantitative estimate of drug-likeness (QED) is 0.201. The fourth-order valence-corrected chi connectivity index (χ4v) is 3.96. The maximum atomic E-state index is 9.96. The van der Waals surface area contributed by atoms with Crippen LogP contribution >= 0.6 is 0 Å². The molecule has 0 atom stereocenters. The lowest BCUT2D eigenvalue weighted by Crippen LogP contribution is -2.03. The first kappa shape index (κ1) is 24.6. The third-order valence-electron chi connectivity index (χ3n) is 5.93. The zero-order valence-electron chi connectivity index (χ0n) is 20.8. The average molecular weight is 499 g/mol. The molecule has 0 bridgehead atoms. The van der Waals surface area contributed by atoms with Crippen LogP contribution in [0.4, 0.5) is 0 Å². The number of nitriles is 1. The van der Waals surface area contributed by atoms with Crippen molar-refractivity contribution in [2.24, 2.45) is 0 Å². The van der Waals surface area contributed by atoms with Crippen molar-refractivity contribution in [2.75, 3.05) is 0 Å². The van der Waals surface area contributed by atoms with E-state index in [-0.39, 0.29) is 0 Å². The highest BCUT2D eigenvalue weighted by Crippen LogP contribution is 2.35. The van der Waals surface area contributed by atoms with Crippen molar-refractivity contribution in [3.63, 3.8) is 0 Å². The van der Waals surface area contributed by atoms with Crippen molar-refractivity contribution < 1.29 is 14.2 Å². The summed E-state index contributed by atoms with van der Waals surface area (Å²) in [6, 6.07) is 41.2. The van der Waals surface area contributed by atoms with Crippen molar-refractivity contribution in [2.45, 2.75) is 19.8 Å². The van der Waals surface area contributed by atoms with Crippen LogP contribution in [0.2, 0.25) is 0 Å². The van der Waals surface area contributed by atoms with Gasteiger partial charge in [0, 0.05) is 17.2 Å². The Morgan fingerprint density at radius 2 is 1.08 bits per heavy atom. The van der Waals surface area contributed by atoms with Gasteiger partial charge >= 0.3 is 0 Å². The molecule has 0 aliphatic heterocycles. The van der Waals surface area contributed by atoms with E-state index in [1.807, 2.05) is 109 Å². The molecular weight excluding hydrogens is 472 g/mol. The summed E-state index contributed by atoms with van der Waals surface area (Å²) in [4.78, 5) is 4.67. The Balaban J connectivity index is 1.41. The van der Waals surface area contributed by atoms with Crippen LogP contribution in [0.15, 0.2) is 121 Å². The lowest BCUT2D eigenvalue weighted by Gasteiger charge is -2.15. The second-order valence-corrected chi connectivity index (χ2v) is 8.64. The van der Waals surface area contributed by atoms with Gasteiger partial charge in [-0.3, -0.25) is 0 Å². The summed E-state index contributed by atoms with van der Waals surface area (Å²) in [6.07, 6.45) is 0. The normalized spacial score (nSPS) is 10.4. The number of benzene rings is 4. The molecule has 4 aromatic carbocycles. The first-order chi connectivity index (χ1) is 18.8. The van der Waals surface area contributed by atoms with Gasteiger partial charge in [0.15, 0.2) is 0 Å². The van der Waals surface area contributed by atoms with E-state index in [2.05, 4.69) is 11.1 Å². The molecule has 5 aromatic rings. The fourth-order valence-electron chi connectivity index (χ4n) is 3.96. The average Bonchev–Trinajstić information content (AvgIpc) is 2.99. The zero-order chi connectivity index (χ0) is 26.0. The van der Waals surface area contributed by atoms with E-state index in [0.717, 1.165) is 16.7 Å². The molecule has 0 amide bonds. The molecule has 38 heavy (non-hydrogen) atoms.